The molecule has 6 heteroatoms. The van der Waals surface area contributed by atoms with E-state index in [9.17, 15) is 9.59 Å². The highest BCUT2D eigenvalue weighted by atomic mass is 79.9. The Bertz CT molecular complexity index is 767. The normalized spacial score (nSPS) is 12.0. The molecule has 1 rings (SSSR count). The molecule has 0 amide bonds. The van der Waals surface area contributed by atoms with Gasteiger partial charge in [0.05, 0.1) is 18.9 Å². The van der Waals surface area contributed by atoms with Crippen LogP contribution in [0.15, 0.2) is 46.1 Å². The first-order valence-corrected chi connectivity index (χ1v) is 11.1. The number of allylic oxidation sites excluding steroid dienone is 2. The molecular weight excluding hydrogens is 446 g/mol. The topological polar surface area (TPSA) is 55.8 Å². The summed E-state index contributed by atoms with van der Waals surface area (Å²) in [5.41, 5.74) is 2.03. The lowest BCUT2D eigenvalue weighted by Gasteiger charge is -2.29. The van der Waals surface area contributed by atoms with Gasteiger partial charge in [0.15, 0.2) is 5.57 Å². The summed E-state index contributed by atoms with van der Waals surface area (Å²) in [6.45, 7) is 10.5. The summed E-state index contributed by atoms with van der Waals surface area (Å²) in [5, 5.41) is 0. The zero-order valence-electron chi connectivity index (χ0n) is 19.2. The van der Waals surface area contributed by atoms with Crippen LogP contribution < -0.4 is 0 Å². The van der Waals surface area contributed by atoms with Crippen molar-refractivity contribution in [3.8, 4) is 0 Å². The molecule has 1 aromatic rings. The highest BCUT2D eigenvalue weighted by Crippen LogP contribution is 2.42. The summed E-state index contributed by atoms with van der Waals surface area (Å²) in [4.78, 5) is 27.6. The summed E-state index contributed by atoms with van der Waals surface area (Å²) in [6.07, 6.45) is 1.32. The Morgan fingerprint density at radius 2 is 1.40 bits per heavy atom. The first-order valence-electron chi connectivity index (χ1n) is 10.3. The third-order valence-corrected chi connectivity index (χ3v) is 4.98. The van der Waals surface area contributed by atoms with Crippen molar-refractivity contribution in [1.82, 2.24) is 4.90 Å². The van der Waals surface area contributed by atoms with E-state index in [1.54, 1.807) is 19.0 Å². The van der Waals surface area contributed by atoms with E-state index >= 15 is 0 Å². The second-order valence-electron chi connectivity index (χ2n) is 8.19. The van der Waals surface area contributed by atoms with Crippen molar-refractivity contribution in [2.24, 2.45) is 5.41 Å². The minimum absolute atomic E-state index is 0.105. The van der Waals surface area contributed by atoms with E-state index in [4.69, 9.17) is 9.47 Å². The number of benzene rings is 1. The fourth-order valence-electron chi connectivity index (χ4n) is 2.95. The number of hydrogen-bond acceptors (Lipinski definition) is 5. The minimum Gasteiger partial charge on any atom is -0.462 e. The maximum atomic E-state index is 12.9. The van der Waals surface area contributed by atoms with Crippen LogP contribution in [-0.4, -0.2) is 44.1 Å². The fraction of sp³-hybridized carbons (Fsp3) is 0.500. The molecule has 1 aromatic carbocycles. The van der Waals surface area contributed by atoms with E-state index in [-0.39, 0.29) is 24.2 Å². The molecule has 0 aliphatic heterocycles. The van der Waals surface area contributed by atoms with Gasteiger partial charge >= 0.3 is 11.9 Å². The van der Waals surface area contributed by atoms with Crippen molar-refractivity contribution >= 4 is 33.4 Å². The van der Waals surface area contributed by atoms with Crippen molar-refractivity contribution in [2.75, 3.05) is 27.3 Å². The van der Waals surface area contributed by atoms with Crippen LogP contribution in [-0.2, 0) is 19.1 Å². The number of halogens is 1. The van der Waals surface area contributed by atoms with Crippen LogP contribution in [0.4, 0.5) is 0 Å². The summed E-state index contributed by atoms with van der Waals surface area (Å²) >= 11 is 3.72. The van der Waals surface area contributed by atoms with Gasteiger partial charge in [-0.1, -0.05) is 65.0 Å². The highest BCUT2D eigenvalue weighted by Gasteiger charge is 2.32. The van der Waals surface area contributed by atoms with Gasteiger partial charge in [-0.2, -0.15) is 0 Å². The van der Waals surface area contributed by atoms with Crippen molar-refractivity contribution in [1.29, 1.82) is 0 Å². The first-order chi connectivity index (χ1) is 14.1. The molecule has 166 valence electrons. The third-order valence-electron chi connectivity index (χ3n) is 4.21. The Balaban J connectivity index is 3.85. The Kier molecular flexibility index (Phi) is 10.3. The molecule has 0 aromatic heterocycles. The predicted molar refractivity (Wildman–Crippen MR) is 125 cm³/mol. The average molecular weight is 480 g/mol. The molecule has 0 spiro atoms. The van der Waals surface area contributed by atoms with Crippen LogP contribution >= 0.6 is 15.9 Å². The standard InChI is InChI=1S/C24H34BrNO4/c1-8-15-29-22(27)18(23(28)30-16-9-2)21(26(6)7)20(25)19(24(3,4)5)17-13-11-10-12-14-17/h10-14H,8-9,15-16H2,1-7H3/b20-19+. The lowest BCUT2D eigenvalue weighted by molar-refractivity contribution is -0.147. The summed E-state index contributed by atoms with van der Waals surface area (Å²) < 4.78 is 11.3. The number of carbonyl (C=O) groups is 2. The lowest BCUT2D eigenvalue weighted by Crippen LogP contribution is -2.27. The van der Waals surface area contributed by atoms with E-state index in [0.717, 1.165) is 11.1 Å². The summed E-state index contributed by atoms with van der Waals surface area (Å²) in [5.74, 6) is -1.36. The number of ether oxygens (including phenoxy) is 2. The zero-order valence-corrected chi connectivity index (χ0v) is 20.8. The van der Waals surface area contributed by atoms with E-state index in [1.165, 1.54) is 0 Å². The molecule has 0 fully saturated rings. The third kappa shape index (κ3) is 7.01. The van der Waals surface area contributed by atoms with Crippen molar-refractivity contribution in [3.05, 3.63) is 51.6 Å². The SMILES string of the molecule is CCCOC(=O)C(C(=O)OCCC)=C(/C(Br)=C(/c1ccccc1)C(C)(C)C)N(C)C. The molecule has 0 unspecified atom stereocenters. The largest absolute Gasteiger partial charge is 0.462 e. The Hall–Kier alpha value is -2.08. The summed E-state index contributed by atoms with van der Waals surface area (Å²) in [6, 6.07) is 9.91. The number of nitrogens with zero attached hydrogens (tertiary/aromatic N) is 1. The lowest BCUT2D eigenvalue weighted by atomic mass is 9.81. The van der Waals surface area contributed by atoms with Gasteiger partial charge in [0.25, 0.3) is 0 Å². The highest BCUT2D eigenvalue weighted by molar-refractivity contribution is 9.12. The smallest absolute Gasteiger partial charge is 0.347 e. The molecule has 0 heterocycles. The van der Waals surface area contributed by atoms with Gasteiger partial charge in [0.1, 0.15) is 0 Å². The van der Waals surface area contributed by atoms with Crippen LogP contribution in [0.3, 0.4) is 0 Å². The molecule has 0 bridgehead atoms. The van der Waals surface area contributed by atoms with Gasteiger partial charge in [0, 0.05) is 18.6 Å². The van der Waals surface area contributed by atoms with Crippen molar-refractivity contribution < 1.29 is 19.1 Å². The van der Waals surface area contributed by atoms with Crippen molar-refractivity contribution in [3.63, 3.8) is 0 Å². The average Bonchev–Trinajstić information content (AvgIpc) is 2.67. The molecule has 0 aliphatic rings. The second-order valence-corrected chi connectivity index (χ2v) is 8.99. The zero-order chi connectivity index (χ0) is 22.9. The number of carbonyl (C=O) groups excluding carboxylic acids is 2. The van der Waals surface area contributed by atoms with Crippen molar-refractivity contribution in [2.45, 2.75) is 47.5 Å². The maximum absolute atomic E-state index is 12.9. The van der Waals surface area contributed by atoms with E-state index in [2.05, 4.69) is 36.7 Å². The van der Waals surface area contributed by atoms with Crippen LogP contribution in [0.1, 0.15) is 53.0 Å². The van der Waals surface area contributed by atoms with Gasteiger partial charge in [-0.25, -0.2) is 9.59 Å². The molecule has 5 nitrogen and oxygen atoms in total. The molecule has 0 atom stereocenters. The maximum Gasteiger partial charge on any atom is 0.347 e. The molecular formula is C24H34BrNO4. The van der Waals surface area contributed by atoms with Gasteiger partial charge < -0.3 is 14.4 Å². The first kappa shape index (κ1) is 26.0. The van der Waals surface area contributed by atoms with Crippen LogP contribution in [0.2, 0.25) is 0 Å². The van der Waals surface area contributed by atoms with E-state index in [0.29, 0.717) is 23.0 Å². The Morgan fingerprint density at radius 3 is 1.77 bits per heavy atom. The molecule has 0 saturated carbocycles. The molecule has 0 radical (unpaired) electrons. The van der Waals surface area contributed by atoms with E-state index < -0.39 is 11.9 Å². The van der Waals surface area contributed by atoms with Crippen LogP contribution in [0.25, 0.3) is 5.57 Å². The van der Waals surface area contributed by atoms with Gasteiger partial charge in [-0.3, -0.25) is 0 Å². The van der Waals surface area contributed by atoms with Gasteiger partial charge in [-0.15, -0.1) is 0 Å². The Labute approximate surface area is 189 Å². The quantitative estimate of drug-likeness (QED) is 0.152. The molecule has 0 N–H and O–H groups in total. The van der Waals surface area contributed by atoms with Crippen LogP contribution in [0.5, 0.6) is 0 Å². The molecule has 30 heavy (non-hydrogen) atoms. The fourth-order valence-corrected chi connectivity index (χ4v) is 4.33. The summed E-state index contributed by atoms with van der Waals surface area (Å²) in [7, 11) is 3.59. The number of hydrogen-bond donors (Lipinski definition) is 0. The second kappa shape index (κ2) is 11.9. The van der Waals surface area contributed by atoms with Gasteiger partial charge in [-0.05, 0) is 45.3 Å². The Morgan fingerprint density at radius 1 is 0.933 bits per heavy atom. The predicted octanol–water partition coefficient (Wildman–Crippen LogP) is 5.56. The number of rotatable bonds is 9. The number of likely N-dealkylation sites (N-methyl/N-ethyl adjacent to an activating group) is 1. The van der Waals surface area contributed by atoms with Gasteiger partial charge in [0.2, 0.25) is 0 Å². The van der Waals surface area contributed by atoms with E-state index in [1.807, 2.05) is 44.2 Å². The molecule has 0 saturated heterocycles. The number of esters is 2. The van der Waals surface area contributed by atoms with Crippen LogP contribution in [0, 0.1) is 5.41 Å². The minimum atomic E-state index is -0.681. The monoisotopic (exact) mass is 479 g/mol. The molecule has 0 aliphatic carbocycles.